The molecule has 0 bridgehead atoms. The quantitative estimate of drug-likeness (QED) is 0.829. The first-order valence-electron chi connectivity index (χ1n) is 5.83. The van der Waals surface area contributed by atoms with Crippen molar-refractivity contribution in [2.24, 2.45) is 0 Å². The van der Waals surface area contributed by atoms with Crippen LogP contribution < -0.4 is 10.2 Å². The summed E-state index contributed by atoms with van der Waals surface area (Å²) in [6.45, 7) is 3.84. The Hall–Kier alpha value is -1.97. The van der Waals surface area contributed by atoms with Crippen molar-refractivity contribution in [1.82, 2.24) is 9.97 Å². The Bertz CT molecular complexity index is 450. The Morgan fingerprint density at radius 2 is 2.18 bits per heavy atom. The van der Waals surface area contributed by atoms with Crippen LogP contribution >= 0.6 is 0 Å². The van der Waals surface area contributed by atoms with Crippen molar-refractivity contribution in [3.8, 4) is 0 Å². The monoisotopic (exact) mass is 230 g/mol. The van der Waals surface area contributed by atoms with Gasteiger partial charge in [-0.1, -0.05) is 12.1 Å². The van der Waals surface area contributed by atoms with E-state index in [0.717, 1.165) is 18.1 Å². The third-order valence-electron chi connectivity index (χ3n) is 2.79. The molecule has 0 fully saturated rings. The fourth-order valence-corrected chi connectivity index (χ4v) is 1.70. The Kier molecular flexibility index (Phi) is 3.65. The van der Waals surface area contributed by atoms with Crippen molar-refractivity contribution in [2.75, 3.05) is 23.8 Å². The van der Waals surface area contributed by atoms with E-state index in [4.69, 9.17) is 0 Å². The summed E-state index contributed by atoms with van der Waals surface area (Å²) in [5.74, 6) is 0.943. The van der Waals surface area contributed by atoms with Crippen LogP contribution in [-0.2, 0) is 6.54 Å². The van der Waals surface area contributed by atoms with E-state index in [2.05, 4.69) is 52.4 Å². The number of rotatable bonds is 5. The molecule has 17 heavy (non-hydrogen) atoms. The van der Waals surface area contributed by atoms with E-state index >= 15 is 0 Å². The van der Waals surface area contributed by atoms with Crippen LogP contribution in [0.25, 0.3) is 0 Å². The average Bonchev–Trinajstić information content (AvgIpc) is 2.89. The van der Waals surface area contributed by atoms with E-state index in [-0.39, 0.29) is 0 Å². The van der Waals surface area contributed by atoms with Gasteiger partial charge in [0, 0.05) is 26.0 Å². The van der Waals surface area contributed by atoms with Crippen molar-refractivity contribution >= 4 is 11.4 Å². The number of hydrogen-bond donors (Lipinski definition) is 2. The molecular weight excluding hydrogens is 212 g/mol. The molecule has 4 heteroatoms. The van der Waals surface area contributed by atoms with E-state index in [1.807, 2.05) is 12.3 Å². The molecule has 2 N–H and O–H groups in total. The highest BCUT2D eigenvalue weighted by atomic mass is 15.1. The molecule has 0 unspecified atom stereocenters. The van der Waals surface area contributed by atoms with Crippen molar-refractivity contribution in [3.63, 3.8) is 0 Å². The summed E-state index contributed by atoms with van der Waals surface area (Å²) in [5, 5.41) is 3.40. The van der Waals surface area contributed by atoms with Crippen LogP contribution in [0.2, 0.25) is 0 Å². The molecule has 1 heterocycles. The largest absolute Gasteiger partial charge is 0.376 e. The molecule has 0 spiro atoms. The van der Waals surface area contributed by atoms with E-state index < -0.39 is 0 Å². The molecule has 0 atom stereocenters. The Morgan fingerprint density at radius 1 is 1.35 bits per heavy atom. The topological polar surface area (TPSA) is 44.0 Å². The molecule has 90 valence electrons. The highest BCUT2D eigenvalue weighted by molar-refractivity contribution is 5.69. The maximum Gasteiger partial charge on any atom is 0.125 e. The maximum atomic E-state index is 4.19. The standard InChI is InChI=1S/C13H18N4/c1-3-17(2)12-7-5-4-6-11(12)16-10-13-14-8-9-15-13/h4-9,16H,3,10H2,1-2H3,(H,14,15). The Labute approximate surface area is 102 Å². The Morgan fingerprint density at radius 3 is 2.88 bits per heavy atom. The van der Waals surface area contributed by atoms with Gasteiger partial charge in [-0.15, -0.1) is 0 Å². The molecule has 2 aromatic rings. The lowest BCUT2D eigenvalue weighted by molar-refractivity contribution is 0.957. The lowest BCUT2D eigenvalue weighted by atomic mass is 10.2. The van der Waals surface area contributed by atoms with Crippen molar-refractivity contribution in [3.05, 3.63) is 42.5 Å². The summed E-state index contributed by atoms with van der Waals surface area (Å²) < 4.78 is 0. The zero-order chi connectivity index (χ0) is 12.1. The maximum absolute atomic E-state index is 4.19. The van der Waals surface area contributed by atoms with Gasteiger partial charge in [0.2, 0.25) is 0 Å². The zero-order valence-electron chi connectivity index (χ0n) is 10.3. The number of nitrogens with zero attached hydrogens (tertiary/aromatic N) is 2. The van der Waals surface area contributed by atoms with Gasteiger partial charge in [-0.25, -0.2) is 4.98 Å². The van der Waals surface area contributed by atoms with E-state index in [0.29, 0.717) is 6.54 Å². The SMILES string of the molecule is CCN(C)c1ccccc1NCc1ncc[nH]1. The molecule has 0 radical (unpaired) electrons. The first-order valence-corrected chi connectivity index (χ1v) is 5.83. The summed E-state index contributed by atoms with van der Waals surface area (Å²) >= 11 is 0. The van der Waals surface area contributed by atoms with Crippen molar-refractivity contribution in [1.29, 1.82) is 0 Å². The van der Waals surface area contributed by atoms with Crippen LogP contribution in [0.5, 0.6) is 0 Å². The molecule has 0 saturated heterocycles. The van der Waals surface area contributed by atoms with Gasteiger partial charge in [-0.3, -0.25) is 0 Å². The third kappa shape index (κ3) is 2.78. The number of benzene rings is 1. The van der Waals surface area contributed by atoms with E-state index in [1.54, 1.807) is 6.20 Å². The molecule has 2 rings (SSSR count). The van der Waals surface area contributed by atoms with Crippen molar-refractivity contribution < 1.29 is 0 Å². The molecule has 0 saturated carbocycles. The van der Waals surface area contributed by atoms with Crippen LogP contribution in [-0.4, -0.2) is 23.6 Å². The molecule has 0 aliphatic heterocycles. The number of nitrogens with one attached hydrogen (secondary N) is 2. The second-order valence-electron chi connectivity index (χ2n) is 3.92. The van der Waals surface area contributed by atoms with Gasteiger partial charge in [0.25, 0.3) is 0 Å². The number of hydrogen-bond acceptors (Lipinski definition) is 3. The van der Waals surface area contributed by atoms with Crippen LogP contribution in [0.3, 0.4) is 0 Å². The third-order valence-corrected chi connectivity index (χ3v) is 2.79. The fourth-order valence-electron chi connectivity index (χ4n) is 1.70. The highest BCUT2D eigenvalue weighted by Gasteiger charge is 2.05. The second-order valence-corrected chi connectivity index (χ2v) is 3.92. The highest BCUT2D eigenvalue weighted by Crippen LogP contribution is 2.24. The number of aromatic nitrogens is 2. The minimum atomic E-state index is 0.710. The normalized spacial score (nSPS) is 10.2. The summed E-state index contributed by atoms with van der Waals surface area (Å²) in [6, 6.07) is 8.30. The van der Waals surface area contributed by atoms with Gasteiger partial charge in [-0.05, 0) is 19.1 Å². The minimum absolute atomic E-state index is 0.710. The summed E-state index contributed by atoms with van der Waals surface area (Å²) in [6.07, 6.45) is 3.60. The molecule has 4 nitrogen and oxygen atoms in total. The van der Waals surface area contributed by atoms with Gasteiger partial charge in [0.05, 0.1) is 17.9 Å². The number of anilines is 2. The second kappa shape index (κ2) is 5.39. The minimum Gasteiger partial charge on any atom is -0.376 e. The van der Waals surface area contributed by atoms with E-state index in [1.165, 1.54) is 5.69 Å². The summed E-state index contributed by atoms with van der Waals surface area (Å²) in [4.78, 5) is 9.49. The van der Waals surface area contributed by atoms with Gasteiger partial charge in [0.15, 0.2) is 0 Å². The predicted molar refractivity (Wildman–Crippen MR) is 71.3 cm³/mol. The number of para-hydroxylation sites is 2. The van der Waals surface area contributed by atoms with Gasteiger partial charge >= 0.3 is 0 Å². The van der Waals surface area contributed by atoms with Crippen LogP contribution in [0, 0.1) is 0 Å². The van der Waals surface area contributed by atoms with Crippen LogP contribution in [0.15, 0.2) is 36.7 Å². The lowest BCUT2D eigenvalue weighted by Crippen LogP contribution is -2.17. The summed E-state index contributed by atoms with van der Waals surface area (Å²) in [5.41, 5.74) is 2.34. The van der Waals surface area contributed by atoms with E-state index in [9.17, 15) is 0 Å². The fraction of sp³-hybridized carbons (Fsp3) is 0.308. The smallest absolute Gasteiger partial charge is 0.125 e. The molecular formula is C13H18N4. The van der Waals surface area contributed by atoms with Gasteiger partial charge < -0.3 is 15.2 Å². The average molecular weight is 230 g/mol. The first-order chi connectivity index (χ1) is 8.31. The van der Waals surface area contributed by atoms with Gasteiger partial charge in [-0.2, -0.15) is 0 Å². The number of aromatic amines is 1. The predicted octanol–water partition coefficient (Wildman–Crippen LogP) is 2.48. The zero-order valence-corrected chi connectivity index (χ0v) is 10.3. The Balaban J connectivity index is 2.09. The van der Waals surface area contributed by atoms with Crippen LogP contribution in [0.1, 0.15) is 12.7 Å². The molecule has 0 aliphatic rings. The first kappa shape index (κ1) is 11.5. The van der Waals surface area contributed by atoms with Crippen LogP contribution in [0.4, 0.5) is 11.4 Å². The lowest BCUT2D eigenvalue weighted by Gasteiger charge is -2.21. The molecule has 0 aliphatic carbocycles. The number of H-pyrrole nitrogens is 1. The summed E-state index contributed by atoms with van der Waals surface area (Å²) in [7, 11) is 2.09. The van der Waals surface area contributed by atoms with Gasteiger partial charge in [0.1, 0.15) is 5.82 Å². The van der Waals surface area contributed by atoms with Crippen molar-refractivity contribution in [2.45, 2.75) is 13.5 Å². The molecule has 0 amide bonds. The number of imidazole rings is 1. The molecule has 1 aromatic heterocycles. The molecule has 1 aromatic carbocycles.